The van der Waals surface area contributed by atoms with Gasteiger partial charge in [-0.15, -0.1) is 0 Å². The summed E-state index contributed by atoms with van der Waals surface area (Å²) in [5.41, 5.74) is 3.59. The fourth-order valence-electron chi connectivity index (χ4n) is 3.34. The van der Waals surface area contributed by atoms with Crippen molar-refractivity contribution in [2.24, 2.45) is 0 Å². The van der Waals surface area contributed by atoms with Gasteiger partial charge >= 0.3 is 12.0 Å². The standard InChI is InChI=1S/C20H19N5O3/c1-28-19(26)13-5-7-14(8-6-13)24-20(27)25-11-9-15-17(23-12-22-15)18(25)16-4-2-3-10-21-16/h2-8,10,12,18H,9,11H2,1H3,(H,22,23)(H,24,27)/t18-/m1/s1. The summed E-state index contributed by atoms with van der Waals surface area (Å²) in [6.45, 7) is 0.530. The van der Waals surface area contributed by atoms with Gasteiger partial charge in [-0.2, -0.15) is 0 Å². The van der Waals surface area contributed by atoms with Crippen LogP contribution in [0.4, 0.5) is 10.5 Å². The Bertz CT molecular complexity index is 985. The molecule has 0 saturated heterocycles. The summed E-state index contributed by atoms with van der Waals surface area (Å²) in [5, 5.41) is 2.89. The summed E-state index contributed by atoms with van der Waals surface area (Å²) >= 11 is 0. The molecular formula is C20H19N5O3. The molecule has 142 valence electrons. The number of anilines is 1. The lowest BCUT2D eigenvalue weighted by Crippen LogP contribution is -2.43. The quantitative estimate of drug-likeness (QED) is 0.684. The smallest absolute Gasteiger partial charge is 0.337 e. The molecular weight excluding hydrogens is 358 g/mol. The topological polar surface area (TPSA) is 100 Å². The van der Waals surface area contributed by atoms with E-state index in [1.165, 1.54) is 7.11 Å². The number of rotatable bonds is 3. The Kier molecular flexibility index (Phi) is 4.76. The maximum Gasteiger partial charge on any atom is 0.337 e. The van der Waals surface area contributed by atoms with E-state index in [0.717, 1.165) is 17.1 Å². The number of ether oxygens (including phenoxy) is 1. The van der Waals surface area contributed by atoms with Gasteiger partial charge in [-0.25, -0.2) is 14.6 Å². The average molecular weight is 377 g/mol. The van der Waals surface area contributed by atoms with Crippen molar-refractivity contribution in [2.45, 2.75) is 12.5 Å². The van der Waals surface area contributed by atoms with Crippen LogP contribution in [0.3, 0.4) is 0 Å². The number of urea groups is 1. The van der Waals surface area contributed by atoms with Crippen LogP contribution < -0.4 is 5.32 Å². The minimum Gasteiger partial charge on any atom is -0.465 e. The van der Waals surface area contributed by atoms with E-state index in [1.807, 2.05) is 18.2 Å². The summed E-state index contributed by atoms with van der Waals surface area (Å²) in [7, 11) is 1.33. The van der Waals surface area contributed by atoms with Crippen LogP contribution in [-0.2, 0) is 11.2 Å². The molecule has 1 atom stereocenters. The van der Waals surface area contributed by atoms with Crippen LogP contribution in [0.25, 0.3) is 0 Å². The highest BCUT2D eigenvalue weighted by molar-refractivity contribution is 5.92. The van der Waals surface area contributed by atoms with Crippen molar-refractivity contribution in [2.75, 3.05) is 19.0 Å². The molecule has 8 heteroatoms. The van der Waals surface area contributed by atoms with Crippen LogP contribution in [0.1, 0.15) is 33.5 Å². The fourth-order valence-corrected chi connectivity index (χ4v) is 3.34. The maximum atomic E-state index is 13.0. The van der Waals surface area contributed by atoms with Crippen molar-refractivity contribution in [3.63, 3.8) is 0 Å². The van der Waals surface area contributed by atoms with Crippen molar-refractivity contribution in [1.29, 1.82) is 0 Å². The predicted octanol–water partition coefficient (Wildman–Crippen LogP) is 2.77. The second-order valence-corrected chi connectivity index (χ2v) is 6.37. The van der Waals surface area contributed by atoms with Gasteiger partial charge < -0.3 is 19.9 Å². The maximum absolute atomic E-state index is 13.0. The largest absolute Gasteiger partial charge is 0.465 e. The molecule has 1 aromatic carbocycles. The van der Waals surface area contributed by atoms with E-state index in [1.54, 1.807) is 41.7 Å². The Hall–Kier alpha value is -3.68. The molecule has 2 N–H and O–H groups in total. The normalized spacial score (nSPS) is 15.6. The fraction of sp³-hybridized carbons (Fsp3) is 0.200. The summed E-state index contributed by atoms with van der Waals surface area (Å²) in [5.74, 6) is -0.421. The second-order valence-electron chi connectivity index (χ2n) is 6.37. The van der Waals surface area contributed by atoms with Gasteiger partial charge in [-0.05, 0) is 36.4 Å². The first kappa shape index (κ1) is 17.7. The summed E-state index contributed by atoms with van der Waals surface area (Å²) < 4.78 is 4.69. The van der Waals surface area contributed by atoms with Gasteiger partial charge in [0.25, 0.3) is 0 Å². The number of methoxy groups -OCH3 is 1. The molecule has 0 spiro atoms. The molecule has 0 fully saturated rings. The lowest BCUT2D eigenvalue weighted by molar-refractivity contribution is 0.0600. The Balaban J connectivity index is 1.58. The number of nitrogens with one attached hydrogen (secondary N) is 2. The lowest BCUT2D eigenvalue weighted by atomic mass is 10.00. The third kappa shape index (κ3) is 3.32. The SMILES string of the molecule is COC(=O)c1ccc(NC(=O)N2CCc3[nH]cnc3[C@H]2c2ccccn2)cc1. The van der Waals surface area contributed by atoms with E-state index in [-0.39, 0.29) is 12.1 Å². The minimum atomic E-state index is -0.421. The number of amides is 2. The molecule has 0 saturated carbocycles. The summed E-state index contributed by atoms with van der Waals surface area (Å²) in [6.07, 6.45) is 4.04. The van der Waals surface area contributed by atoms with Crippen molar-refractivity contribution >= 4 is 17.7 Å². The first-order valence-corrected chi connectivity index (χ1v) is 8.86. The van der Waals surface area contributed by atoms with Gasteiger partial charge in [0.2, 0.25) is 0 Å². The number of hydrogen-bond donors (Lipinski definition) is 2. The molecule has 0 aliphatic carbocycles. The number of H-pyrrole nitrogens is 1. The molecule has 2 amide bonds. The molecule has 1 aliphatic rings. The van der Waals surface area contributed by atoms with Crippen LogP contribution in [-0.4, -0.2) is 45.5 Å². The highest BCUT2D eigenvalue weighted by Gasteiger charge is 2.34. The van der Waals surface area contributed by atoms with Crippen LogP contribution in [0, 0.1) is 0 Å². The van der Waals surface area contributed by atoms with Gasteiger partial charge in [-0.3, -0.25) is 4.98 Å². The van der Waals surface area contributed by atoms with Crippen molar-refractivity contribution in [3.05, 3.63) is 77.6 Å². The molecule has 28 heavy (non-hydrogen) atoms. The van der Waals surface area contributed by atoms with Gasteiger partial charge in [0.1, 0.15) is 6.04 Å². The van der Waals surface area contributed by atoms with Crippen molar-refractivity contribution in [3.8, 4) is 0 Å². The number of aromatic nitrogens is 3. The van der Waals surface area contributed by atoms with E-state index in [4.69, 9.17) is 0 Å². The van der Waals surface area contributed by atoms with Gasteiger partial charge in [0, 0.05) is 30.5 Å². The number of aromatic amines is 1. The number of nitrogens with zero attached hydrogens (tertiary/aromatic N) is 3. The molecule has 2 aromatic heterocycles. The third-order valence-corrected chi connectivity index (χ3v) is 4.71. The zero-order valence-electron chi connectivity index (χ0n) is 15.3. The number of fused-ring (bicyclic) bond motifs is 1. The number of pyridine rings is 1. The van der Waals surface area contributed by atoms with E-state index in [0.29, 0.717) is 24.2 Å². The number of hydrogen-bond acceptors (Lipinski definition) is 5. The lowest BCUT2D eigenvalue weighted by Gasteiger charge is -2.34. The van der Waals surface area contributed by atoms with E-state index in [9.17, 15) is 9.59 Å². The number of imidazole rings is 1. The Labute approximate surface area is 161 Å². The molecule has 3 aromatic rings. The molecule has 3 heterocycles. The molecule has 0 radical (unpaired) electrons. The van der Waals surface area contributed by atoms with Gasteiger partial charge in [0.05, 0.1) is 30.4 Å². The van der Waals surface area contributed by atoms with Crippen LogP contribution in [0.5, 0.6) is 0 Å². The number of esters is 1. The molecule has 4 rings (SSSR count). The Morgan fingerprint density at radius 1 is 1.18 bits per heavy atom. The monoisotopic (exact) mass is 377 g/mol. The van der Waals surface area contributed by atoms with Gasteiger partial charge in [-0.1, -0.05) is 6.07 Å². The molecule has 0 bridgehead atoms. The van der Waals surface area contributed by atoms with Crippen LogP contribution in [0.15, 0.2) is 55.0 Å². The Morgan fingerprint density at radius 2 is 2.00 bits per heavy atom. The number of carbonyl (C=O) groups excluding carboxylic acids is 2. The summed E-state index contributed by atoms with van der Waals surface area (Å²) in [6, 6.07) is 11.6. The van der Waals surface area contributed by atoms with Crippen molar-refractivity contribution < 1.29 is 14.3 Å². The van der Waals surface area contributed by atoms with Gasteiger partial charge in [0.15, 0.2) is 0 Å². The Morgan fingerprint density at radius 3 is 2.71 bits per heavy atom. The summed E-state index contributed by atoms with van der Waals surface area (Å²) in [4.78, 5) is 38.3. The van der Waals surface area contributed by atoms with Crippen LogP contribution in [0.2, 0.25) is 0 Å². The van der Waals surface area contributed by atoms with E-state index < -0.39 is 5.97 Å². The van der Waals surface area contributed by atoms with E-state index >= 15 is 0 Å². The highest BCUT2D eigenvalue weighted by Crippen LogP contribution is 2.32. The molecule has 1 aliphatic heterocycles. The number of benzene rings is 1. The van der Waals surface area contributed by atoms with E-state index in [2.05, 4.69) is 25.0 Å². The van der Waals surface area contributed by atoms with Crippen LogP contribution >= 0.6 is 0 Å². The average Bonchev–Trinajstić information content (AvgIpc) is 3.22. The second kappa shape index (κ2) is 7.51. The highest BCUT2D eigenvalue weighted by atomic mass is 16.5. The first-order valence-electron chi connectivity index (χ1n) is 8.86. The molecule has 8 nitrogen and oxygen atoms in total. The number of carbonyl (C=O) groups is 2. The zero-order valence-corrected chi connectivity index (χ0v) is 15.3. The third-order valence-electron chi connectivity index (χ3n) is 4.71. The predicted molar refractivity (Wildman–Crippen MR) is 102 cm³/mol. The first-order chi connectivity index (χ1) is 13.7. The minimum absolute atomic E-state index is 0.255. The molecule has 0 unspecified atom stereocenters. The van der Waals surface area contributed by atoms with Crippen molar-refractivity contribution in [1.82, 2.24) is 19.9 Å². The zero-order chi connectivity index (χ0) is 19.5.